The summed E-state index contributed by atoms with van der Waals surface area (Å²) in [4.78, 5) is 24.0. The van der Waals surface area contributed by atoms with Gasteiger partial charge < -0.3 is 4.74 Å². The number of rotatable bonds is 4. The number of allylic oxidation sites excluding steroid dienone is 2. The number of ketones is 1. The van der Waals surface area contributed by atoms with Crippen molar-refractivity contribution in [1.82, 2.24) is 0 Å². The zero-order chi connectivity index (χ0) is 14.6. The third-order valence-electron chi connectivity index (χ3n) is 3.98. The Kier molecular flexibility index (Phi) is 4.39. The van der Waals surface area contributed by atoms with E-state index in [1.807, 2.05) is 6.08 Å². The maximum absolute atomic E-state index is 12.5. The van der Waals surface area contributed by atoms with Gasteiger partial charge in [-0.2, -0.15) is 5.26 Å². The Morgan fingerprint density at radius 2 is 2.15 bits per heavy atom. The van der Waals surface area contributed by atoms with Crippen LogP contribution < -0.4 is 0 Å². The van der Waals surface area contributed by atoms with E-state index in [0.717, 1.165) is 31.3 Å². The predicted molar refractivity (Wildman–Crippen MR) is 73.6 cm³/mol. The number of ether oxygens (including phenoxy) is 1. The van der Waals surface area contributed by atoms with Crippen molar-refractivity contribution >= 4 is 11.8 Å². The molecule has 4 nitrogen and oxygen atoms in total. The lowest BCUT2D eigenvalue weighted by atomic mass is 9.71. The summed E-state index contributed by atoms with van der Waals surface area (Å²) < 4.78 is 5.14. The van der Waals surface area contributed by atoms with Crippen LogP contribution in [0.15, 0.2) is 23.3 Å². The minimum atomic E-state index is -1.37. The first-order valence-corrected chi connectivity index (χ1v) is 7.17. The van der Waals surface area contributed by atoms with E-state index in [0.29, 0.717) is 18.4 Å². The molecule has 2 aliphatic carbocycles. The van der Waals surface area contributed by atoms with Crippen molar-refractivity contribution in [3.05, 3.63) is 23.3 Å². The van der Waals surface area contributed by atoms with Crippen molar-refractivity contribution < 1.29 is 14.3 Å². The van der Waals surface area contributed by atoms with Crippen LogP contribution in [0.2, 0.25) is 0 Å². The van der Waals surface area contributed by atoms with Crippen LogP contribution in [0.1, 0.15) is 45.4 Å². The number of hydrogen-bond donors (Lipinski definition) is 0. The highest BCUT2D eigenvalue weighted by atomic mass is 16.5. The molecular formula is C16H19NO3. The van der Waals surface area contributed by atoms with Crippen molar-refractivity contribution in [1.29, 1.82) is 5.26 Å². The summed E-state index contributed by atoms with van der Waals surface area (Å²) in [5, 5.41) is 9.73. The first-order valence-electron chi connectivity index (χ1n) is 7.17. The van der Waals surface area contributed by atoms with Gasteiger partial charge in [-0.25, -0.2) is 4.79 Å². The fraction of sp³-hybridized carbons (Fsp3) is 0.562. The average Bonchev–Trinajstić information content (AvgIpc) is 2.89. The number of esters is 1. The van der Waals surface area contributed by atoms with E-state index >= 15 is 0 Å². The number of hydrogen-bond acceptors (Lipinski definition) is 4. The first-order chi connectivity index (χ1) is 9.65. The monoisotopic (exact) mass is 273 g/mol. The minimum absolute atomic E-state index is 0.0136. The Morgan fingerprint density at radius 1 is 1.35 bits per heavy atom. The lowest BCUT2D eigenvalue weighted by Crippen LogP contribution is -2.36. The van der Waals surface area contributed by atoms with Gasteiger partial charge in [0, 0.05) is 6.42 Å². The van der Waals surface area contributed by atoms with Crippen LogP contribution in [0.3, 0.4) is 0 Å². The summed E-state index contributed by atoms with van der Waals surface area (Å²) in [7, 11) is 0. The second-order valence-electron chi connectivity index (χ2n) is 5.19. The minimum Gasteiger partial charge on any atom is -0.464 e. The third-order valence-corrected chi connectivity index (χ3v) is 3.98. The van der Waals surface area contributed by atoms with Crippen molar-refractivity contribution in [2.24, 2.45) is 5.41 Å². The van der Waals surface area contributed by atoms with Gasteiger partial charge in [0.1, 0.15) is 0 Å². The van der Waals surface area contributed by atoms with Gasteiger partial charge in [-0.05, 0) is 56.3 Å². The Morgan fingerprint density at radius 3 is 2.65 bits per heavy atom. The summed E-state index contributed by atoms with van der Waals surface area (Å²) in [6.45, 7) is 1.96. The molecule has 1 atom stereocenters. The van der Waals surface area contributed by atoms with Crippen LogP contribution >= 0.6 is 0 Å². The molecular weight excluding hydrogens is 254 g/mol. The smallest absolute Gasteiger partial charge is 0.335 e. The van der Waals surface area contributed by atoms with Gasteiger partial charge in [0.05, 0.1) is 12.7 Å². The van der Waals surface area contributed by atoms with Crippen LogP contribution in [0.5, 0.6) is 0 Å². The summed E-state index contributed by atoms with van der Waals surface area (Å²) in [6.07, 6.45) is 7.94. The Hall–Kier alpha value is -1.89. The highest BCUT2D eigenvalue weighted by Gasteiger charge is 2.48. The molecule has 2 aliphatic rings. The molecule has 0 spiro atoms. The van der Waals surface area contributed by atoms with Crippen LogP contribution in [0, 0.1) is 16.7 Å². The molecule has 0 aromatic rings. The zero-order valence-electron chi connectivity index (χ0n) is 11.8. The standard InChI is InChI=1S/C16H19NO3/c1-2-20-15(19)16(11-17,12-6-4-3-5-7-12)13-8-9-14(18)10-13/h6,10H,2-5,7-9H2,1H3. The molecule has 0 saturated carbocycles. The van der Waals surface area contributed by atoms with Gasteiger partial charge in [-0.1, -0.05) is 6.08 Å². The fourth-order valence-corrected chi connectivity index (χ4v) is 2.97. The molecule has 0 saturated heterocycles. The van der Waals surface area contributed by atoms with E-state index in [4.69, 9.17) is 4.74 Å². The Bertz CT molecular complexity index is 524. The van der Waals surface area contributed by atoms with Crippen LogP contribution in [-0.4, -0.2) is 18.4 Å². The number of nitriles is 1. The van der Waals surface area contributed by atoms with Gasteiger partial charge in [0.15, 0.2) is 11.2 Å². The van der Waals surface area contributed by atoms with Crippen molar-refractivity contribution in [2.75, 3.05) is 6.61 Å². The largest absolute Gasteiger partial charge is 0.464 e. The number of carbonyl (C=O) groups is 2. The van der Waals surface area contributed by atoms with E-state index in [9.17, 15) is 14.9 Å². The van der Waals surface area contributed by atoms with E-state index in [1.54, 1.807) is 6.92 Å². The fourth-order valence-electron chi connectivity index (χ4n) is 2.97. The SMILES string of the molecule is CCOC(=O)C(C#N)(C1=CCCCC1)C1=CC(=O)CC1. The van der Waals surface area contributed by atoms with Gasteiger partial charge >= 0.3 is 5.97 Å². The molecule has 0 aromatic heterocycles. The van der Waals surface area contributed by atoms with Gasteiger partial charge in [0.2, 0.25) is 0 Å². The van der Waals surface area contributed by atoms with E-state index < -0.39 is 11.4 Å². The molecule has 0 heterocycles. The van der Waals surface area contributed by atoms with Crippen LogP contribution in [-0.2, 0) is 14.3 Å². The molecule has 0 aliphatic heterocycles. The molecule has 0 fully saturated rings. The molecule has 20 heavy (non-hydrogen) atoms. The first kappa shape index (κ1) is 14.5. The van der Waals surface area contributed by atoms with Gasteiger partial charge in [0.25, 0.3) is 0 Å². The zero-order valence-corrected chi connectivity index (χ0v) is 11.8. The quantitative estimate of drug-likeness (QED) is 0.583. The van der Waals surface area contributed by atoms with Gasteiger partial charge in [-0.15, -0.1) is 0 Å². The second kappa shape index (κ2) is 6.04. The van der Waals surface area contributed by atoms with E-state index in [2.05, 4.69) is 6.07 Å². The summed E-state index contributed by atoms with van der Waals surface area (Å²) >= 11 is 0. The lowest BCUT2D eigenvalue weighted by Gasteiger charge is -2.30. The molecule has 2 rings (SSSR count). The van der Waals surface area contributed by atoms with E-state index in [1.165, 1.54) is 6.08 Å². The Labute approximate surface area is 119 Å². The maximum Gasteiger partial charge on any atom is 0.335 e. The van der Waals surface area contributed by atoms with Crippen molar-refractivity contribution in [3.63, 3.8) is 0 Å². The summed E-state index contributed by atoms with van der Waals surface area (Å²) in [6, 6.07) is 2.17. The molecule has 1 unspecified atom stereocenters. The average molecular weight is 273 g/mol. The molecule has 0 radical (unpaired) electrons. The molecule has 0 amide bonds. The highest BCUT2D eigenvalue weighted by Crippen LogP contribution is 2.44. The number of carbonyl (C=O) groups excluding carboxylic acids is 2. The lowest BCUT2D eigenvalue weighted by molar-refractivity contribution is -0.148. The Balaban J connectivity index is 2.49. The molecule has 0 N–H and O–H groups in total. The second-order valence-corrected chi connectivity index (χ2v) is 5.19. The molecule has 0 aromatic carbocycles. The molecule has 0 bridgehead atoms. The maximum atomic E-state index is 12.5. The predicted octanol–water partition coefficient (Wildman–Crippen LogP) is 2.85. The van der Waals surface area contributed by atoms with Gasteiger partial charge in [-0.3, -0.25) is 4.79 Å². The normalized spacial score (nSPS) is 21.5. The van der Waals surface area contributed by atoms with E-state index in [-0.39, 0.29) is 12.4 Å². The summed E-state index contributed by atoms with van der Waals surface area (Å²) in [5.41, 5.74) is 0.0463. The van der Waals surface area contributed by atoms with Crippen molar-refractivity contribution in [3.8, 4) is 6.07 Å². The third kappa shape index (κ3) is 2.40. The highest BCUT2D eigenvalue weighted by molar-refractivity contribution is 5.97. The van der Waals surface area contributed by atoms with Crippen LogP contribution in [0.4, 0.5) is 0 Å². The summed E-state index contributed by atoms with van der Waals surface area (Å²) in [5.74, 6) is -0.545. The topological polar surface area (TPSA) is 67.2 Å². The molecule has 4 heteroatoms. The number of nitrogens with zero attached hydrogens (tertiary/aromatic N) is 1. The van der Waals surface area contributed by atoms with Crippen LogP contribution in [0.25, 0.3) is 0 Å². The van der Waals surface area contributed by atoms with Crippen molar-refractivity contribution in [2.45, 2.75) is 45.4 Å². The molecule has 106 valence electrons.